The van der Waals surface area contributed by atoms with Gasteiger partial charge in [-0.05, 0) is 19.4 Å². The van der Waals surface area contributed by atoms with E-state index in [0.717, 1.165) is 0 Å². The maximum absolute atomic E-state index is 13.1. The van der Waals surface area contributed by atoms with Crippen LogP contribution in [0.2, 0.25) is 0 Å². The topological polar surface area (TPSA) is 131 Å². The number of nitrogens with zero attached hydrogens (tertiary/aromatic N) is 2. The summed E-state index contributed by atoms with van der Waals surface area (Å²) < 4.78 is -0.670. The predicted molar refractivity (Wildman–Crippen MR) is 108 cm³/mol. The lowest BCUT2D eigenvalue weighted by Gasteiger charge is -2.44. The van der Waals surface area contributed by atoms with Crippen molar-refractivity contribution in [3.05, 3.63) is 35.9 Å². The van der Waals surface area contributed by atoms with Crippen molar-refractivity contribution in [1.82, 2.24) is 26.0 Å². The number of nitrogens with one attached hydrogen (secondary N) is 3. The standard InChI is InChI=1S/C19H23N5O5S/c1-19(2)13(17(27)28)24-15(26)12(16(24)30-19)21-14(25)11(10-6-4-3-5-7-10)22-23-9-8-20-18(23)29/h3-7,11-13,16,22H,8-9H2,1-2H3,(H,20,29)(H,21,25)(H,27,28)/t11?,12-,13+,16?/m1/s1. The van der Waals surface area contributed by atoms with Crippen LogP contribution >= 0.6 is 11.8 Å². The third kappa shape index (κ3) is 3.37. The summed E-state index contributed by atoms with van der Waals surface area (Å²) in [6, 6.07) is 5.93. The van der Waals surface area contributed by atoms with Gasteiger partial charge in [-0.15, -0.1) is 11.8 Å². The fourth-order valence-corrected chi connectivity index (χ4v) is 5.69. The van der Waals surface area contributed by atoms with Crippen molar-refractivity contribution >= 4 is 35.6 Å². The number of carboxylic acids is 1. The molecule has 3 aliphatic rings. The smallest absolute Gasteiger partial charge is 0.331 e. The Bertz CT molecular complexity index is 895. The molecule has 0 radical (unpaired) electrons. The van der Waals surface area contributed by atoms with Crippen LogP contribution in [0.25, 0.3) is 0 Å². The van der Waals surface area contributed by atoms with E-state index in [1.807, 2.05) is 6.07 Å². The largest absolute Gasteiger partial charge is 0.480 e. The van der Waals surface area contributed by atoms with E-state index in [2.05, 4.69) is 16.1 Å². The Labute approximate surface area is 177 Å². The number of benzene rings is 1. The van der Waals surface area contributed by atoms with Crippen LogP contribution in [0.4, 0.5) is 4.79 Å². The van der Waals surface area contributed by atoms with Crippen molar-refractivity contribution in [2.24, 2.45) is 0 Å². The molecular formula is C19H23N5O5S. The molecule has 3 saturated heterocycles. The molecule has 160 valence electrons. The number of hydrogen-bond acceptors (Lipinski definition) is 6. The second kappa shape index (κ2) is 7.47. The Kier molecular flexibility index (Phi) is 5.10. The van der Waals surface area contributed by atoms with Gasteiger partial charge in [-0.3, -0.25) is 14.6 Å². The Morgan fingerprint density at radius 3 is 2.57 bits per heavy atom. The van der Waals surface area contributed by atoms with Gasteiger partial charge in [0.05, 0.1) is 6.54 Å². The molecule has 10 nitrogen and oxygen atoms in total. The lowest BCUT2D eigenvalue weighted by Crippen LogP contribution is -2.71. The van der Waals surface area contributed by atoms with E-state index in [4.69, 9.17) is 0 Å². The van der Waals surface area contributed by atoms with Gasteiger partial charge < -0.3 is 20.6 Å². The quantitative estimate of drug-likeness (QED) is 0.461. The molecule has 0 saturated carbocycles. The summed E-state index contributed by atoms with van der Waals surface area (Å²) in [6.45, 7) is 4.43. The van der Waals surface area contributed by atoms with Crippen LogP contribution in [0.5, 0.6) is 0 Å². The summed E-state index contributed by atoms with van der Waals surface area (Å²) in [5, 5.41) is 15.8. The average Bonchev–Trinajstić information content (AvgIpc) is 3.22. The van der Waals surface area contributed by atoms with Gasteiger partial charge in [0.25, 0.3) is 0 Å². The first kappa shape index (κ1) is 20.5. The molecule has 3 fully saturated rings. The molecule has 0 aromatic heterocycles. The van der Waals surface area contributed by atoms with Crippen LogP contribution in [0, 0.1) is 0 Å². The van der Waals surface area contributed by atoms with Gasteiger partial charge in [-0.25, -0.2) is 15.0 Å². The normalized spacial score (nSPS) is 27.9. The number of β-lactam (4-membered cyclic amide) rings is 1. The van der Waals surface area contributed by atoms with E-state index < -0.39 is 46.0 Å². The number of carbonyl (C=O) groups is 4. The zero-order chi connectivity index (χ0) is 21.6. The van der Waals surface area contributed by atoms with Crippen molar-refractivity contribution in [1.29, 1.82) is 0 Å². The van der Waals surface area contributed by atoms with E-state index in [0.29, 0.717) is 18.7 Å². The first-order chi connectivity index (χ1) is 14.2. The molecule has 1 aromatic carbocycles. The zero-order valence-corrected chi connectivity index (χ0v) is 17.3. The molecule has 11 heteroatoms. The maximum Gasteiger partial charge on any atom is 0.331 e. The third-order valence-electron chi connectivity index (χ3n) is 5.51. The summed E-state index contributed by atoms with van der Waals surface area (Å²) in [5.74, 6) is -1.93. The van der Waals surface area contributed by atoms with E-state index >= 15 is 0 Å². The SMILES string of the molecule is CC1(C)SC2[C@H](NC(=O)C(NN3CCNC3=O)c3ccccc3)C(=O)N2[C@H]1C(=O)O. The van der Waals surface area contributed by atoms with Crippen molar-refractivity contribution in [2.75, 3.05) is 13.1 Å². The van der Waals surface area contributed by atoms with Gasteiger partial charge in [-0.2, -0.15) is 0 Å². The van der Waals surface area contributed by atoms with E-state index in [-0.39, 0.29) is 6.03 Å². The van der Waals surface area contributed by atoms with Gasteiger partial charge >= 0.3 is 12.0 Å². The molecular weight excluding hydrogens is 410 g/mol. The number of carboxylic acid groups (broad SMARTS) is 1. The molecule has 2 unspecified atom stereocenters. The van der Waals surface area contributed by atoms with Gasteiger partial charge in [0.15, 0.2) is 0 Å². The second-order valence-electron chi connectivity index (χ2n) is 7.94. The van der Waals surface area contributed by atoms with Crippen molar-refractivity contribution in [2.45, 2.75) is 42.1 Å². The third-order valence-corrected chi connectivity index (χ3v) is 7.08. The number of fused-ring (bicyclic) bond motifs is 1. The molecule has 4 rings (SSSR count). The highest BCUT2D eigenvalue weighted by atomic mass is 32.2. The summed E-state index contributed by atoms with van der Waals surface area (Å²) >= 11 is 1.36. The fraction of sp³-hybridized carbons (Fsp3) is 0.474. The molecule has 4 amide bonds. The Balaban J connectivity index is 1.51. The molecule has 4 N–H and O–H groups in total. The summed E-state index contributed by atoms with van der Waals surface area (Å²) in [5.41, 5.74) is 3.58. The monoisotopic (exact) mass is 433 g/mol. The Morgan fingerprint density at radius 1 is 1.27 bits per heavy atom. The molecule has 1 aromatic rings. The van der Waals surface area contributed by atoms with Gasteiger partial charge in [-0.1, -0.05) is 30.3 Å². The molecule has 3 aliphatic heterocycles. The van der Waals surface area contributed by atoms with Crippen molar-refractivity contribution < 1.29 is 24.3 Å². The number of hydrazine groups is 1. The first-order valence-corrected chi connectivity index (χ1v) is 10.5. The van der Waals surface area contributed by atoms with Crippen molar-refractivity contribution in [3.8, 4) is 0 Å². The molecule has 0 spiro atoms. The van der Waals surface area contributed by atoms with Gasteiger partial charge in [0.1, 0.15) is 23.5 Å². The summed E-state index contributed by atoms with van der Waals surface area (Å²) in [6.07, 6.45) is 0. The highest BCUT2D eigenvalue weighted by Crippen LogP contribution is 2.50. The minimum atomic E-state index is -1.06. The summed E-state index contributed by atoms with van der Waals surface area (Å²) in [7, 11) is 0. The highest BCUT2D eigenvalue weighted by molar-refractivity contribution is 8.01. The Hall–Kier alpha value is -2.79. The minimum Gasteiger partial charge on any atom is -0.480 e. The lowest BCUT2D eigenvalue weighted by molar-refractivity contribution is -0.161. The van der Waals surface area contributed by atoms with Crippen LogP contribution in [-0.4, -0.2) is 74.1 Å². The Morgan fingerprint density at radius 2 is 1.97 bits per heavy atom. The molecule has 0 aliphatic carbocycles. The van der Waals surface area contributed by atoms with Crippen LogP contribution in [0.15, 0.2) is 30.3 Å². The first-order valence-electron chi connectivity index (χ1n) is 9.60. The average molecular weight is 433 g/mol. The molecule has 3 heterocycles. The van der Waals surface area contributed by atoms with Gasteiger partial charge in [0.2, 0.25) is 11.8 Å². The van der Waals surface area contributed by atoms with Crippen LogP contribution in [0.3, 0.4) is 0 Å². The van der Waals surface area contributed by atoms with Crippen LogP contribution in [-0.2, 0) is 14.4 Å². The number of thioether (sulfide) groups is 1. The van der Waals surface area contributed by atoms with E-state index in [1.54, 1.807) is 38.1 Å². The maximum atomic E-state index is 13.1. The number of hydrogen-bond donors (Lipinski definition) is 4. The van der Waals surface area contributed by atoms with E-state index in [9.17, 15) is 24.3 Å². The fourth-order valence-electron chi connectivity index (χ4n) is 4.06. The number of carbonyl (C=O) groups excluding carboxylic acids is 3. The van der Waals surface area contributed by atoms with Crippen LogP contribution in [0.1, 0.15) is 25.5 Å². The minimum absolute atomic E-state index is 0.327. The molecule has 0 bridgehead atoms. The number of urea groups is 1. The van der Waals surface area contributed by atoms with Crippen LogP contribution < -0.4 is 16.1 Å². The number of rotatable bonds is 6. The van der Waals surface area contributed by atoms with E-state index in [1.165, 1.54) is 21.7 Å². The number of amides is 4. The molecule has 4 atom stereocenters. The van der Waals surface area contributed by atoms with Gasteiger partial charge in [0, 0.05) is 11.3 Å². The zero-order valence-electron chi connectivity index (χ0n) is 16.5. The van der Waals surface area contributed by atoms with Crippen molar-refractivity contribution in [3.63, 3.8) is 0 Å². The lowest BCUT2D eigenvalue weighted by atomic mass is 9.95. The predicted octanol–water partition coefficient (Wildman–Crippen LogP) is -0.111. The molecule has 30 heavy (non-hydrogen) atoms. The second-order valence-corrected chi connectivity index (χ2v) is 9.71. The number of aliphatic carboxylic acids is 1. The summed E-state index contributed by atoms with van der Waals surface area (Å²) in [4.78, 5) is 50.7. The highest BCUT2D eigenvalue weighted by Gasteiger charge is 2.64.